The van der Waals surface area contributed by atoms with Crippen molar-refractivity contribution in [3.63, 3.8) is 0 Å². The maximum absolute atomic E-state index is 11.9. The molecular formula is C13H19N3O2S. The van der Waals surface area contributed by atoms with Crippen molar-refractivity contribution in [3.05, 3.63) is 21.9 Å². The number of amides is 2. The van der Waals surface area contributed by atoms with Crippen molar-refractivity contribution in [2.45, 2.75) is 19.3 Å². The Morgan fingerprint density at radius 3 is 3.00 bits per heavy atom. The van der Waals surface area contributed by atoms with E-state index < -0.39 is 5.91 Å². The molecular weight excluding hydrogens is 262 g/mol. The zero-order valence-corrected chi connectivity index (χ0v) is 11.6. The van der Waals surface area contributed by atoms with Crippen LogP contribution in [0.3, 0.4) is 0 Å². The third kappa shape index (κ3) is 4.04. The summed E-state index contributed by atoms with van der Waals surface area (Å²) in [5.41, 5.74) is 5.55. The summed E-state index contributed by atoms with van der Waals surface area (Å²) in [6.07, 6.45) is 3.44. The number of thiophene rings is 1. The van der Waals surface area contributed by atoms with Crippen LogP contribution in [0.5, 0.6) is 0 Å². The molecule has 1 aliphatic heterocycles. The third-order valence-corrected chi connectivity index (χ3v) is 4.27. The Balaban J connectivity index is 1.75. The highest BCUT2D eigenvalue weighted by Gasteiger charge is 2.14. The number of carbonyl (C=O) groups is 2. The van der Waals surface area contributed by atoms with Crippen LogP contribution in [0.4, 0.5) is 0 Å². The predicted octanol–water partition coefficient (Wildman–Crippen LogP) is 0.966. The minimum absolute atomic E-state index is 0.124. The van der Waals surface area contributed by atoms with Gasteiger partial charge in [0.25, 0.3) is 5.91 Å². The highest BCUT2D eigenvalue weighted by atomic mass is 32.1. The summed E-state index contributed by atoms with van der Waals surface area (Å²) in [6.45, 7) is 2.82. The number of carbonyl (C=O) groups excluding carboxylic acids is 2. The summed E-state index contributed by atoms with van der Waals surface area (Å²) < 4.78 is 0. The molecule has 1 atom stereocenters. The summed E-state index contributed by atoms with van der Waals surface area (Å²) in [7, 11) is 0. The zero-order chi connectivity index (χ0) is 13.7. The van der Waals surface area contributed by atoms with Gasteiger partial charge < -0.3 is 16.4 Å². The number of primary amides is 1. The molecule has 0 aliphatic carbocycles. The van der Waals surface area contributed by atoms with E-state index in [1.807, 2.05) is 0 Å². The molecule has 6 heteroatoms. The number of hydrogen-bond donors (Lipinski definition) is 3. The first-order chi connectivity index (χ1) is 9.16. The van der Waals surface area contributed by atoms with Crippen LogP contribution in [0.15, 0.2) is 11.4 Å². The largest absolute Gasteiger partial charge is 0.366 e. The van der Waals surface area contributed by atoms with Gasteiger partial charge in [-0.15, -0.1) is 11.3 Å². The average Bonchev–Trinajstić information content (AvgIpc) is 2.89. The van der Waals surface area contributed by atoms with Gasteiger partial charge >= 0.3 is 0 Å². The lowest BCUT2D eigenvalue weighted by molar-refractivity contribution is 0.0954. The van der Waals surface area contributed by atoms with E-state index in [1.165, 1.54) is 24.2 Å². The minimum Gasteiger partial charge on any atom is -0.366 e. The maximum atomic E-state index is 11.9. The van der Waals surface area contributed by atoms with Gasteiger partial charge in [-0.05, 0) is 44.3 Å². The van der Waals surface area contributed by atoms with E-state index in [1.54, 1.807) is 11.4 Å². The molecule has 104 valence electrons. The summed E-state index contributed by atoms with van der Waals surface area (Å²) >= 11 is 1.25. The lowest BCUT2D eigenvalue weighted by atomic mass is 9.96. The molecule has 1 aliphatic rings. The van der Waals surface area contributed by atoms with Crippen LogP contribution in [-0.4, -0.2) is 31.4 Å². The fourth-order valence-corrected chi connectivity index (χ4v) is 3.04. The summed E-state index contributed by atoms with van der Waals surface area (Å²) in [4.78, 5) is 23.3. The van der Waals surface area contributed by atoms with E-state index >= 15 is 0 Å². The van der Waals surface area contributed by atoms with Crippen LogP contribution < -0.4 is 16.4 Å². The van der Waals surface area contributed by atoms with Crippen LogP contribution in [0.2, 0.25) is 0 Å². The molecule has 2 heterocycles. The van der Waals surface area contributed by atoms with Gasteiger partial charge in [-0.2, -0.15) is 0 Å². The number of hydrogen-bond acceptors (Lipinski definition) is 4. The quantitative estimate of drug-likeness (QED) is 0.752. The van der Waals surface area contributed by atoms with Gasteiger partial charge in [-0.25, -0.2) is 0 Å². The Bertz CT molecular complexity index is 452. The Labute approximate surface area is 116 Å². The first kappa shape index (κ1) is 14.0. The van der Waals surface area contributed by atoms with Crippen molar-refractivity contribution in [2.24, 2.45) is 11.7 Å². The zero-order valence-electron chi connectivity index (χ0n) is 10.8. The molecule has 19 heavy (non-hydrogen) atoms. The van der Waals surface area contributed by atoms with E-state index in [2.05, 4.69) is 10.6 Å². The topological polar surface area (TPSA) is 84.2 Å². The highest BCUT2D eigenvalue weighted by Crippen LogP contribution is 2.15. The molecule has 0 spiro atoms. The maximum Gasteiger partial charge on any atom is 0.261 e. The first-order valence-corrected chi connectivity index (χ1v) is 7.42. The van der Waals surface area contributed by atoms with Gasteiger partial charge in [0.2, 0.25) is 5.91 Å². The molecule has 1 aromatic rings. The second kappa shape index (κ2) is 6.68. The molecule has 0 aromatic carbocycles. The molecule has 0 radical (unpaired) electrons. The molecule has 1 unspecified atom stereocenters. The van der Waals surface area contributed by atoms with Gasteiger partial charge in [-0.3, -0.25) is 9.59 Å². The van der Waals surface area contributed by atoms with Gasteiger partial charge in [0, 0.05) is 11.9 Å². The van der Waals surface area contributed by atoms with Crippen molar-refractivity contribution < 1.29 is 9.59 Å². The van der Waals surface area contributed by atoms with E-state index in [4.69, 9.17) is 5.73 Å². The molecule has 5 nitrogen and oxygen atoms in total. The van der Waals surface area contributed by atoms with Crippen LogP contribution >= 0.6 is 11.3 Å². The van der Waals surface area contributed by atoms with Crippen LogP contribution in [0, 0.1) is 5.92 Å². The lowest BCUT2D eigenvalue weighted by Crippen LogP contribution is -2.33. The third-order valence-electron chi connectivity index (χ3n) is 3.34. The molecule has 4 N–H and O–H groups in total. The Kier molecular flexibility index (Phi) is 4.93. The summed E-state index contributed by atoms with van der Waals surface area (Å²) in [6, 6.07) is 1.55. The van der Waals surface area contributed by atoms with Gasteiger partial charge in [-0.1, -0.05) is 0 Å². The van der Waals surface area contributed by atoms with Crippen molar-refractivity contribution in [1.29, 1.82) is 0 Å². The predicted molar refractivity (Wildman–Crippen MR) is 75.4 cm³/mol. The summed E-state index contributed by atoms with van der Waals surface area (Å²) in [5.74, 6) is 0.0309. The Hall–Kier alpha value is -1.40. The van der Waals surface area contributed by atoms with Gasteiger partial charge in [0.15, 0.2) is 0 Å². The molecule has 0 saturated carbocycles. The fraction of sp³-hybridized carbons (Fsp3) is 0.538. The first-order valence-electron chi connectivity index (χ1n) is 6.54. The van der Waals surface area contributed by atoms with Crippen LogP contribution in [0.25, 0.3) is 0 Å². The SMILES string of the molecule is NC(=O)c1csc(C(=O)NCCC2CCCNC2)c1. The smallest absolute Gasteiger partial charge is 0.261 e. The van der Waals surface area contributed by atoms with Crippen molar-refractivity contribution in [2.75, 3.05) is 19.6 Å². The molecule has 2 rings (SSSR count). The fourth-order valence-electron chi connectivity index (χ4n) is 2.23. The standard InChI is InChI=1S/C13H19N3O2S/c14-12(17)10-6-11(19-8-10)13(18)16-5-3-9-2-1-4-15-7-9/h6,8-9,15H,1-5,7H2,(H2,14,17)(H,16,18). The highest BCUT2D eigenvalue weighted by molar-refractivity contribution is 7.12. The average molecular weight is 281 g/mol. The monoisotopic (exact) mass is 281 g/mol. The van der Waals surface area contributed by atoms with Crippen LogP contribution in [0.1, 0.15) is 39.3 Å². The van der Waals surface area contributed by atoms with Crippen molar-refractivity contribution in [1.82, 2.24) is 10.6 Å². The minimum atomic E-state index is -0.497. The molecule has 1 fully saturated rings. The Morgan fingerprint density at radius 2 is 2.37 bits per heavy atom. The Morgan fingerprint density at radius 1 is 1.53 bits per heavy atom. The molecule has 1 aromatic heterocycles. The molecule has 2 amide bonds. The van der Waals surface area contributed by atoms with E-state index in [9.17, 15) is 9.59 Å². The molecule has 0 bridgehead atoms. The molecule has 1 saturated heterocycles. The lowest BCUT2D eigenvalue weighted by Gasteiger charge is -2.22. The number of rotatable bonds is 5. The van der Waals surface area contributed by atoms with Crippen LogP contribution in [-0.2, 0) is 0 Å². The van der Waals surface area contributed by atoms with Gasteiger partial charge in [0.05, 0.1) is 10.4 Å². The van der Waals surface area contributed by atoms with Gasteiger partial charge in [0.1, 0.15) is 0 Å². The van der Waals surface area contributed by atoms with E-state index in [0.29, 0.717) is 22.9 Å². The van der Waals surface area contributed by atoms with Crippen molar-refractivity contribution >= 4 is 23.2 Å². The normalized spacial score (nSPS) is 19.1. The second-order valence-corrected chi connectivity index (χ2v) is 5.73. The number of piperidine rings is 1. The van der Waals surface area contributed by atoms with Crippen molar-refractivity contribution in [3.8, 4) is 0 Å². The summed E-state index contributed by atoms with van der Waals surface area (Å²) in [5, 5.41) is 7.86. The van der Waals surface area contributed by atoms with E-state index in [0.717, 1.165) is 19.5 Å². The number of nitrogens with two attached hydrogens (primary N) is 1. The number of nitrogens with one attached hydrogen (secondary N) is 2. The second-order valence-electron chi connectivity index (χ2n) is 4.82. The van der Waals surface area contributed by atoms with E-state index in [-0.39, 0.29) is 5.91 Å².